The van der Waals surface area contributed by atoms with Gasteiger partial charge in [-0.05, 0) is 70.7 Å². The number of aromatic nitrogens is 1. The standard InChI is InChI=1S/C20H31N3OS/c1-3-17-8-5-7-13-23(17)20(24)16(2)22-14-10-18(11-15-22)25-19-9-4-6-12-21-19/h4,6,9,12,16-18H,3,5,7-8,10-11,13-15H2,1-2H3/t16-,17-/m0/s1. The molecule has 138 valence electrons. The van der Waals surface area contributed by atoms with Crippen molar-refractivity contribution in [1.82, 2.24) is 14.8 Å². The summed E-state index contributed by atoms with van der Waals surface area (Å²) in [7, 11) is 0. The molecule has 3 heterocycles. The fourth-order valence-electron chi connectivity index (χ4n) is 4.08. The number of piperidine rings is 2. The lowest BCUT2D eigenvalue weighted by atomic mass is 9.98. The lowest BCUT2D eigenvalue weighted by molar-refractivity contribution is -0.140. The summed E-state index contributed by atoms with van der Waals surface area (Å²) in [6.45, 7) is 7.30. The van der Waals surface area contributed by atoms with Gasteiger partial charge in [0, 0.05) is 24.0 Å². The van der Waals surface area contributed by atoms with E-state index in [0.29, 0.717) is 17.2 Å². The van der Waals surface area contributed by atoms with Crippen molar-refractivity contribution in [2.24, 2.45) is 0 Å². The minimum atomic E-state index is 0.0213. The van der Waals surface area contributed by atoms with Crippen molar-refractivity contribution in [3.8, 4) is 0 Å². The van der Waals surface area contributed by atoms with Gasteiger partial charge in [-0.2, -0.15) is 0 Å². The van der Waals surface area contributed by atoms with Crippen molar-refractivity contribution in [2.75, 3.05) is 19.6 Å². The summed E-state index contributed by atoms with van der Waals surface area (Å²) in [5, 5.41) is 1.73. The van der Waals surface area contributed by atoms with Gasteiger partial charge in [0.1, 0.15) is 0 Å². The molecule has 0 bridgehead atoms. The van der Waals surface area contributed by atoms with Gasteiger partial charge in [-0.15, -0.1) is 11.8 Å². The zero-order chi connectivity index (χ0) is 17.6. The Balaban J connectivity index is 1.50. The lowest BCUT2D eigenvalue weighted by Gasteiger charge is -2.41. The van der Waals surface area contributed by atoms with Crippen LogP contribution >= 0.6 is 11.8 Å². The molecule has 1 aromatic heterocycles. The fourth-order valence-corrected chi connectivity index (χ4v) is 5.15. The molecule has 1 aromatic rings. The van der Waals surface area contributed by atoms with Crippen LogP contribution in [0.25, 0.3) is 0 Å². The molecular weight excluding hydrogens is 330 g/mol. The number of nitrogens with zero attached hydrogens (tertiary/aromatic N) is 3. The van der Waals surface area contributed by atoms with Crippen LogP contribution in [-0.4, -0.2) is 57.7 Å². The minimum absolute atomic E-state index is 0.0213. The zero-order valence-corrected chi connectivity index (χ0v) is 16.4. The predicted octanol–water partition coefficient (Wildman–Crippen LogP) is 3.82. The van der Waals surface area contributed by atoms with Crippen LogP contribution in [0.3, 0.4) is 0 Å². The molecule has 2 fully saturated rings. The van der Waals surface area contributed by atoms with E-state index in [2.05, 4.69) is 34.7 Å². The highest BCUT2D eigenvalue weighted by molar-refractivity contribution is 7.99. The first kappa shape index (κ1) is 18.7. The third kappa shape index (κ3) is 4.76. The second-order valence-electron chi connectivity index (χ2n) is 7.29. The number of carbonyl (C=O) groups excluding carboxylic acids is 1. The number of likely N-dealkylation sites (tertiary alicyclic amines) is 2. The van der Waals surface area contributed by atoms with Gasteiger partial charge >= 0.3 is 0 Å². The normalized spacial score (nSPS) is 24.2. The fraction of sp³-hybridized carbons (Fsp3) is 0.700. The van der Waals surface area contributed by atoms with Gasteiger partial charge in [-0.1, -0.05) is 13.0 Å². The summed E-state index contributed by atoms with van der Waals surface area (Å²) in [6.07, 6.45) is 8.83. The highest BCUT2D eigenvalue weighted by Gasteiger charge is 2.33. The van der Waals surface area contributed by atoms with E-state index < -0.39 is 0 Å². The Morgan fingerprint density at radius 3 is 2.72 bits per heavy atom. The number of amides is 1. The first-order chi connectivity index (χ1) is 12.2. The number of carbonyl (C=O) groups is 1. The van der Waals surface area contributed by atoms with Gasteiger partial charge < -0.3 is 4.90 Å². The molecule has 0 spiro atoms. The maximum atomic E-state index is 13.0. The van der Waals surface area contributed by atoms with Gasteiger partial charge in [-0.25, -0.2) is 4.98 Å². The van der Waals surface area contributed by atoms with E-state index in [-0.39, 0.29) is 6.04 Å². The highest BCUT2D eigenvalue weighted by Crippen LogP contribution is 2.30. The molecule has 2 atom stereocenters. The Morgan fingerprint density at radius 2 is 2.04 bits per heavy atom. The Morgan fingerprint density at radius 1 is 1.24 bits per heavy atom. The Kier molecular flexibility index (Phi) is 6.77. The summed E-state index contributed by atoms with van der Waals surface area (Å²) >= 11 is 1.89. The summed E-state index contributed by atoms with van der Waals surface area (Å²) in [5.41, 5.74) is 0. The van der Waals surface area contributed by atoms with E-state index >= 15 is 0 Å². The summed E-state index contributed by atoms with van der Waals surface area (Å²) in [4.78, 5) is 22.0. The first-order valence-electron chi connectivity index (χ1n) is 9.81. The van der Waals surface area contributed by atoms with Gasteiger partial charge in [0.15, 0.2) is 0 Å². The number of thioether (sulfide) groups is 1. The van der Waals surface area contributed by atoms with Crippen molar-refractivity contribution >= 4 is 17.7 Å². The van der Waals surface area contributed by atoms with Crippen LogP contribution in [0.1, 0.15) is 52.4 Å². The monoisotopic (exact) mass is 361 g/mol. The van der Waals surface area contributed by atoms with Crippen LogP contribution in [-0.2, 0) is 4.79 Å². The van der Waals surface area contributed by atoms with Crippen LogP contribution in [0.4, 0.5) is 0 Å². The third-order valence-corrected chi connectivity index (χ3v) is 6.98. The molecule has 25 heavy (non-hydrogen) atoms. The largest absolute Gasteiger partial charge is 0.338 e. The van der Waals surface area contributed by atoms with Crippen LogP contribution in [0.2, 0.25) is 0 Å². The van der Waals surface area contributed by atoms with Crippen LogP contribution in [0.5, 0.6) is 0 Å². The number of rotatable bonds is 5. The first-order valence-corrected chi connectivity index (χ1v) is 10.7. The van der Waals surface area contributed by atoms with E-state index in [4.69, 9.17) is 0 Å². The maximum Gasteiger partial charge on any atom is 0.239 e. The second-order valence-corrected chi connectivity index (χ2v) is 8.61. The minimum Gasteiger partial charge on any atom is -0.338 e. The van der Waals surface area contributed by atoms with E-state index in [9.17, 15) is 4.79 Å². The molecule has 0 N–H and O–H groups in total. The highest BCUT2D eigenvalue weighted by atomic mass is 32.2. The lowest BCUT2D eigenvalue weighted by Crippen LogP contribution is -2.53. The van der Waals surface area contributed by atoms with Gasteiger partial charge in [0.2, 0.25) is 5.91 Å². The van der Waals surface area contributed by atoms with Crippen molar-refractivity contribution in [2.45, 2.75) is 74.7 Å². The van der Waals surface area contributed by atoms with Crippen LogP contribution in [0, 0.1) is 0 Å². The van der Waals surface area contributed by atoms with Gasteiger partial charge in [0.05, 0.1) is 11.1 Å². The smallest absolute Gasteiger partial charge is 0.239 e. The van der Waals surface area contributed by atoms with Gasteiger partial charge in [0.25, 0.3) is 0 Å². The summed E-state index contributed by atoms with van der Waals surface area (Å²) in [5.74, 6) is 0.349. The summed E-state index contributed by atoms with van der Waals surface area (Å²) in [6, 6.07) is 6.58. The van der Waals surface area contributed by atoms with Gasteiger partial charge in [-0.3, -0.25) is 9.69 Å². The zero-order valence-electron chi connectivity index (χ0n) is 15.6. The molecule has 1 amide bonds. The van der Waals surface area contributed by atoms with E-state index in [1.165, 1.54) is 12.8 Å². The molecule has 4 nitrogen and oxygen atoms in total. The topological polar surface area (TPSA) is 36.4 Å². The molecule has 0 unspecified atom stereocenters. The van der Waals surface area contributed by atoms with E-state index in [0.717, 1.165) is 50.3 Å². The molecule has 2 aliphatic rings. The van der Waals surface area contributed by atoms with Crippen molar-refractivity contribution in [1.29, 1.82) is 0 Å². The maximum absolute atomic E-state index is 13.0. The average Bonchev–Trinajstić information content (AvgIpc) is 2.68. The molecule has 3 rings (SSSR count). The SMILES string of the molecule is CC[C@H]1CCCCN1C(=O)[C@H](C)N1CCC(Sc2ccccn2)CC1. The molecular formula is C20H31N3OS. The van der Waals surface area contributed by atoms with Crippen LogP contribution in [0.15, 0.2) is 29.4 Å². The average molecular weight is 362 g/mol. The quantitative estimate of drug-likeness (QED) is 0.799. The molecule has 0 saturated carbocycles. The molecule has 0 aliphatic carbocycles. The number of hydrogen-bond acceptors (Lipinski definition) is 4. The molecule has 0 radical (unpaired) electrons. The number of pyridine rings is 1. The third-order valence-electron chi connectivity index (χ3n) is 5.69. The Labute approximate surface area is 156 Å². The number of hydrogen-bond donors (Lipinski definition) is 0. The van der Waals surface area contributed by atoms with E-state index in [1.54, 1.807) is 0 Å². The molecule has 2 aliphatic heterocycles. The van der Waals surface area contributed by atoms with Crippen molar-refractivity contribution in [3.05, 3.63) is 24.4 Å². The predicted molar refractivity (Wildman–Crippen MR) is 104 cm³/mol. The Hall–Kier alpha value is -1.07. The molecule has 5 heteroatoms. The summed E-state index contributed by atoms with van der Waals surface area (Å²) < 4.78 is 0. The Bertz CT molecular complexity index is 545. The molecule has 2 saturated heterocycles. The van der Waals surface area contributed by atoms with Crippen molar-refractivity contribution in [3.63, 3.8) is 0 Å². The van der Waals surface area contributed by atoms with E-state index in [1.807, 2.05) is 30.1 Å². The second kappa shape index (κ2) is 9.04. The van der Waals surface area contributed by atoms with Crippen LogP contribution < -0.4 is 0 Å². The van der Waals surface area contributed by atoms with Crippen molar-refractivity contribution < 1.29 is 4.79 Å². The molecule has 0 aromatic carbocycles.